The third-order valence-electron chi connectivity index (χ3n) is 3.81. The van der Waals surface area contributed by atoms with Crippen molar-refractivity contribution in [3.63, 3.8) is 0 Å². The molecule has 2 aromatic rings. The first-order valence-electron chi connectivity index (χ1n) is 8.06. The summed E-state index contributed by atoms with van der Waals surface area (Å²) in [6.07, 6.45) is 2.45. The minimum atomic E-state index is -0.201. The van der Waals surface area contributed by atoms with Crippen molar-refractivity contribution < 1.29 is 14.3 Å². The van der Waals surface area contributed by atoms with Crippen molar-refractivity contribution in [3.05, 3.63) is 53.9 Å². The second kappa shape index (κ2) is 7.68. The number of pyridine rings is 1. The van der Waals surface area contributed by atoms with Crippen molar-refractivity contribution in [3.8, 4) is 11.5 Å². The molecule has 1 aromatic heterocycles. The van der Waals surface area contributed by atoms with Crippen molar-refractivity contribution >= 4 is 6.03 Å². The van der Waals surface area contributed by atoms with Crippen molar-refractivity contribution in [2.45, 2.75) is 19.4 Å². The van der Waals surface area contributed by atoms with Crippen LogP contribution in [0.4, 0.5) is 4.79 Å². The van der Waals surface area contributed by atoms with Crippen LogP contribution in [0.25, 0.3) is 0 Å². The van der Waals surface area contributed by atoms with Crippen LogP contribution in [-0.4, -0.2) is 30.8 Å². The quantitative estimate of drug-likeness (QED) is 0.885. The van der Waals surface area contributed by atoms with Crippen LogP contribution in [0.3, 0.4) is 0 Å². The summed E-state index contributed by atoms with van der Waals surface area (Å²) < 4.78 is 11.1. The van der Waals surface area contributed by atoms with E-state index in [-0.39, 0.29) is 12.1 Å². The predicted octanol–water partition coefficient (Wildman–Crippen LogP) is 2.46. The fraction of sp³-hybridized carbons (Fsp3) is 0.333. The third-order valence-corrected chi connectivity index (χ3v) is 3.81. The van der Waals surface area contributed by atoms with Gasteiger partial charge in [-0.2, -0.15) is 0 Å². The molecule has 1 unspecified atom stereocenters. The molecule has 1 aliphatic heterocycles. The predicted molar refractivity (Wildman–Crippen MR) is 90.3 cm³/mol. The van der Waals surface area contributed by atoms with Crippen LogP contribution in [0.1, 0.15) is 24.2 Å². The topological polar surface area (TPSA) is 72.5 Å². The van der Waals surface area contributed by atoms with Crippen molar-refractivity contribution in [1.29, 1.82) is 0 Å². The lowest BCUT2D eigenvalue weighted by Crippen LogP contribution is -2.38. The molecule has 0 saturated carbocycles. The SMILES string of the molecule is CC(NC(=O)NCCc1ccccn1)c1ccc2c(c1)OCCO2. The summed E-state index contributed by atoms with van der Waals surface area (Å²) in [4.78, 5) is 16.2. The van der Waals surface area contributed by atoms with Gasteiger partial charge in [0.05, 0.1) is 6.04 Å². The highest BCUT2D eigenvalue weighted by Crippen LogP contribution is 2.32. The number of ether oxygens (including phenoxy) is 2. The van der Waals surface area contributed by atoms with Crippen LogP contribution in [0.5, 0.6) is 11.5 Å². The Morgan fingerprint density at radius 1 is 1.21 bits per heavy atom. The Balaban J connectivity index is 1.49. The van der Waals surface area contributed by atoms with Gasteiger partial charge in [0.15, 0.2) is 11.5 Å². The highest BCUT2D eigenvalue weighted by molar-refractivity contribution is 5.74. The maximum absolute atomic E-state index is 12.0. The standard InChI is InChI=1S/C18H21N3O3/c1-13(14-5-6-16-17(12-14)24-11-10-23-16)21-18(22)20-9-7-15-4-2-3-8-19-15/h2-6,8,12-13H,7,9-11H2,1H3,(H2,20,21,22). The molecule has 6 heteroatoms. The van der Waals surface area contributed by atoms with Crippen molar-refractivity contribution in [1.82, 2.24) is 15.6 Å². The number of aromatic nitrogens is 1. The Bertz CT molecular complexity index is 691. The number of hydrogen-bond acceptors (Lipinski definition) is 4. The van der Waals surface area contributed by atoms with Gasteiger partial charge in [0.1, 0.15) is 13.2 Å². The molecule has 0 radical (unpaired) electrons. The smallest absolute Gasteiger partial charge is 0.315 e. The zero-order valence-electron chi connectivity index (χ0n) is 13.6. The van der Waals surface area contributed by atoms with E-state index in [1.54, 1.807) is 6.20 Å². The third kappa shape index (κ3) is 4.16. The van der Waals surface area contributed by atoms with Gasteiger partial charge in [-0.05, 0) is 36.8 Å². The van der Waals surface area contributed by atoms with Gasteiger partial charge in [-0.1, -0.05) is 12.1 Å². The molecule has 1 aliphatic rings. The van der Waals surface area contributed by atoms with E-state index in [1.165, 1.54) is 0 Å². The molecule has 0 aliphatic carbocycles. The lowest BCUT2D eigenvalue weighted by atomic mass is 10.1. The van der Waals surface area contributed by atoms with Crippen LogP contribution in [0.15, 0.2) is 42.6 Å². The molecular formula is C18H21N3O3. The van der Waals surface area contributed by atoms with Gasteiger partial charge in [-0.15, -0.1) is 0 Å². The molecular weight excluding hydrogens is 306 g/mol. The van der Waals surface area contributed by atoms with Gasteiger partial charge in [-0.25, -0.2) is 4.79 Å². The van der Waals surface area contributed by atoms with Crippen LogP contribution < -0.4 is 20.1 Å². The zero-order valence-corrected chi connectivity index (χ0v) is 13.6. The number of amides is 2. The van der Waals surface area contributed by atoms with Gasteiger partial charge < -0.3 is 20.1 Å². The molecule has 1 aromatic carbocycles. The van der Waals surface area contributed by atoms with Crippen LogP contribution >= 0.6 is 0 Å². The number of nitrogens with zero attached hydrogens (tertiary/aromatic N) is 1. The van der Waals surface area contributed by atoms with E-state index in [1.807, 2.05) is 43.3 Å². The average Bonchev–Trinajstić information content (AvgIpc) is 2.62. The molecule has 0 saturated heterocycles. The zero-order chi connectivity index (χ0) is 16.8. The molecule has 0 spiro atoms. The largest absolute Gasteiger partial charge is 0.486 e. The van der Waals surface area contributed by atoms with E-state index in [0.29, 0.717) is 26.2 Å². The second-order valence-electron chi connectivity index (χ2n) is 5.60. The van der Waals surface area contributed by atoms with E-state index < -0.39 is 0 Å². The normalized spacial score (nSPS) is 13.9. The number of carbonyl (C=O) groups excluding carboxylic acids is 1. The number of rotatable bonds is 5. The molecule has 2 amide bonds. The van der Waals surface area contributed by atoms with Crippen LogP contribution in [0, 0.1) is 0 Å². The fourth-order valence-electron chi connectivity index (χ4n) is 2.51. The molecule has 1 atom stereocenters. The molecule has 2 N–H and O–H groups in total. The number of fused-ring (bicyclic) bond motifs is 1. The molecule has 3 rings (SSSR count). The van der Waals surface area contributed by atoms with Gasteiger partial charge in [0.25, 0.3) is 0 Å². The van der Waals surface area contributed by atoms with E-state index in [9.17, 15) is 4.79 Å². The van der Waals surface area contributed by atoms with Crippen LogP contribution in [0.2, 0.25) is 0 Å². The van der Waals surface area contributed by atoms with Gasteiger partial charge >= 0.3 is 6.03 Å². The lowest BCUT2D eigenvalue weighted by molar-refractivity contribution is 0.171. The molecule has 6 nitrogen and oxygen atoms in total. The van der Waals surface area contributed by atoms with Crippen LogP contribution in [-0.2, 0) is 6.42 Å². The highest BCUT2D eigenvalue weighted by Gasteiger charge is 2.15. The summed E-state index contributed by atoms with van der Waals surface area (Å²) in [7, 11) is 0. The Kier molecular flexibility index (Phi) is 5.15. The van der Waals surface area contributed by atoms with Crippen molar-refractivity contribution in [2.24, 2.45) is 0 Å². The molecule has 0 bridgehead atoms. The van der Waals surface area contributed by atoms with Gasteiger partial charge in [-0.3, -0.25) is 4.98 Å². The number of nitrogens with one attached hydrogen (secondary N) is 2. The van der Waals surface area contributed by atoms with Crippen molar-refractivity contribution in [2.75, 3.05) is 19.8 Å². The second-order valence-corrected chi connectivity index (χ2v) is 5.60. The number of carbonyl (C=O) groups is 1. The molecule has 2 heterocycles. The summed E-state index contributed by atoms with van der Waals surface area (Å²) >= 11 is 0. The number of hydrogen-bond donors (Lipinski definition) is 2. The summed E-state index contributed by atoms with van der Waals surface area (Å²) in [5.41, 5.74) is 1.93. The Labute approximate surface area is 141 Å². The maximum Gasteiger partial charge on any atom is 0.315 e. The average molecular weight is 327 g/mol. The Hall–Kier alpha value is -2.76. The fourth-order valence-corrected chi connectivity index (χ4v) is 2.51. The Morgan fingerprint density at radius 2 is 2.04 bits per heavy atom. The van der Waals surface area contributed by atoms with E-state index in [4.69, 9.17) is 9.47 Å². The van der Waals surface area contributed by atoms with E-state index in [0.717, 1.165) is 22.8 Å². The number of urea groups is 1. The summed E-state index contributed by atoms with van der Waals surface area (Å²) in [5, 5.41) is 5.77. The minimum Gasteiger partial charge on any atom is -0.486 e. The van der Waals surface area contributed by atoms with E-state index in [2.05, 4.69) is 15.6 Å². The first kappa shape index (κ1) is 16.1. The Morgan fingerprint density at radius 3 is 2.83 bits per heavy atom. The molecule has 24 heavy (non-hydrogen) atoms. The van der Waals surface area contributed by atoms with Gasteiger partial charge in [0, 0.05) is 24.9 Å². The summed E-state index contributed by atoms with van der Waals surface area (Å²) in [6.45, 7) is 3.59. The molecule has 0 fully saturated rings. The number of benzene rings is 1. The first-order chi connectivity index (χ1) is 11.7. The van der Waals surface area contributed by atoms with Gasteiger partial charge in [0.2, 0.25) is 0 Å². The maximum atomic E-state index is 12.0. The summed E-state index contributed by atoms with van der Waals surface area (Å²) in [5.74, 6) is 1.47. The van der Waals surface area contributed by atoms with E-state index >= 15 is 0 Å². The monoisotopic (exact) mass is 327 g/mol. The summed E-state index contributed by atoms with van der Waals surface area (Å²) in [6, 6.07) is 11.1. The molecule has 126 valence electrons. The highest BCUT2D eigenvalue weighted by atomic mass is 16.6. The first-order valence-corrected chi connectivity index (χ1v) is 8.06. The minimum absolute atomic E-state index is 0.129. The lowest BCUT2D eigenvalue weighted by Gasteiger charge is -2.21.